The van der Waals surface area contributed by atoms with Crippen LogP contribution in [0.15, 0.2) is 24.3 Å². The molecule has 28 heavy (non-hydrogen) atoms. The Labute approximate surface area is 172 Å². The highest BCUT2D eigenvalue weighted by Gasteiger charge is 2.35. The summed E-state index contributed by atoms with van der Waals surface area (Å²) in [5.74, 6) is -0.560. The SMILES string of the molecule is C[C@H](Oc1cccc(Cl)c1)C(=O)N[C@H](C(=O)OC(C)(C)C)[C@H](C)OC(C)(C)C. The summed E-state index contributed by atoms with van der Waals surface area (Å²) in [5.41, 5.74) is -1.18. The number of halogens is 1. The number of esters is 1. The smallest absolute Gasteiger partial charge is 0.331 e. The number of rotatable bonds is 7. The number of amides is 1. The molecule has 6 nitrogen and oxygen atoms in total. The van der Waals surface area contributed by atoms with Gasteiger partial charge in [0.15, 0.2) is 12.1 Å². The fraction of sp³-hybridized carbons (Fsp3) is 0.619. The van der Waals surface area contributed by atoms with Crippen molar-refractivity contribution < 1.29 is 23.8 Å². The van der Waals surface area contributed by atoms with Crippen molar-refractivity contribution in [3.05, 3.63) is 29.3 Å². The molecule has 0 aliphatic heterocycles. The second-order valence-corrected chi connectivity index (χ2v) is 9.11. The van der Waals surface area contributed by atoms with Crippen LogP contribution in [0.25, 0.3) is 0 Å². The number of carbonyl (C=O) groups is 2. The molecule has 3 atom stereocenters. The molecule has 0 radical (unpaired) electrons. The molecular formula is C21H32ClNO5. The third-order valence-corrected chi connectivity index (χ3v) is 3.68. The van der Waals surface area contributed by atoms with E-state index in [9.17, 15) is 9.59 Å². The first-order valence-corrected chi connectivity index (χ1v) is 9.69. The Morgan fingerprint density at radius 1 is 1.04 bits per heavy atom. The maximum Gasteiger partial charge on any atom is 0.331 e. The Bertz CT molecular complexity index is 678. The van der Waals surface area contributed by atoms with Crippen LogP contribution in [0, 0.1) is 0 Å². The Morgan fingerprint density at radius 3 is 2.14 bits per heavy atom. The number of hydrogen-bond donors (Lipinski definition) is 1. The highest BCUT2D eigenvalue weighted by atomic mass is 35.5. The van der Waals surface area contributed by atoms with Crippen molar-refractivity contribution in [1.29, 1.82) is 0 Å². The van der Waals surface area contributed by atoms with Crippen LogP contribution in [-0.2, 0) is 19.1 Å². The lowest BCUT2D eigenvalue weighted by Gasteiger charge is -2.32. The van der Waals surface area contributed by atoms with E-state index in [-0.39, 0.29) is 0 Å². The molecule has 158 valence electrons. The minimum atomic E-state index is -0.976. The molecule has 0 aliphatic rings. The quantitative estimate of drug-likeness (QED) is 0.680. The molecule has 0 bridgehead atoms. The van der Waals surface area contributed by atoms with Gasteiger partial charge in [0.05, 0.1) is 11.7 Å². The van der Waals surface area contributed by atoms with Gasteiger partial charge in [-0.05, 0) is 73.6 Å². The first-order valence-electron chi connectivity index (χ1n) is 9.31. The van der Waals surface area contributed by atoms with Gasteiger partial charge in [-0.2, -0.15) is 0 Å². The van der Waals surface area contributed by atoms with E-state index < -0.39 is 41.3 Å². The van der Waals surface area contributed by atoms with Crippen molar-refractivity contribution in [1.82, 2.24) is 5.32 Å². The second kappa shape index (κ2) is 9.61. The number of benzene rings is 1. The van der Waals surface area contributed by atoms with E-state index in [1.807, 2.05) is 20.8 Å². The van der Waals surface area contributed by atoms with E-state index in [1.165, 1.54) is 0 Å². The van der Waals surface area contributed by atoms with Gasteiger partial charge in [0.25, 0.3) is 5.91 Å². The van der Waals surface area contributed by atoms with Gasteiger partial charge in [-0.1, -0.05) is 17.7 Å². The largest absolute Gasteiger partial charge is 0.481 e. The third-order valence-electron chi connectivity index (χ3n) is 3.45. The van der Waals surface area contributed by atoms with Gasteiger partial charge in [-0.15, -0.1) is 0 Å². The average Bonchev–Trinajstić information content (AvgIpc) is 2.48. The van der Waals surface area contributed by atoms with Crippen molar-refractivity contribution >= 4 is 23.5 Å². The van der Waals surface area contributed by atoms with Crippen molar-refractivity contribution in [3.63, 3.8) is 0 Å². The lowest BCUT2D eigenvalue weighted by atomic mass is 10.1. The summed E-state index contributed by atoms with van der Waals surface area (Å²) in [6, 6.07) is 5.78. The summed E-state index contributed by atoms with van der Waals surface area (Å²) in [5, 5.41) is 3.20. The summed E-state index contributed by atoms with van der Waals surface area (Å²) >= 11 is 5.94. The van der Waals surface area contributed by atoms with Crippen LogP contribution in [0.5, 0.6) is 5.75 Å². The molecule has 0 saturated carbocycles. The standard InChI is InChI=1S/C21H32ClNO5/c1-13(27-20(3,4)5)17(19(25)28-21(6,7)8)23-18(24)14(2)26-16-11-9-10-15(22)12-16/h9-14,17H,1-8H3,(H,23,24)/t13-,14-,17-/m0/s1. The number of nitrogens with one attached hydrogen (secondary N) is 1. The Kier molecular flexibility index (Phi) is 8.32. The molecule has 0 fully saturated rings. The Hall–Kier alpha value is -1.79. The van der Waals surface area contributed by atoms with E-state index in [0.29, 0.717) is 10.8 Å². The lowest BCUT2D eigenvalue weighted by Crippen LogP contribution is -2.54. The topological polar surface area (TPSA) is 73.9 Å². The van der Waals surface area contributed by atoms with Crippen molar-refractivity contribution in [2.75, 3.05) is 0 Å². The Balaban J connectivity index is 2.90. The summed E-state index contributed by atoms with van der Waals surface area (Å²) in [4.78, 5) is 25.3. The predicted molar refractivity (Wildman–Crippen MR) is 110 cm³/mol. The molecule has 1 rings (SSSR count). The van der Waals surface area contributed by atoms with Crippen LogP contribution in [0.1, 0.15) is 55.4 Å². The molecule has 7 heteroatoms. The van der Waals surface area contributed by atoms with Crippen LogP contribution in [0.4, 0.5) is 0 Å². The molecule has 1 amide bonds. The van der Waals surface area contributed by atoms with E-state index in [0.717, 1.165) is 0 Å². The van der Waals surface area contributed by atoms with Gasteiger partial charge in [0.2, 0.25) is 0 Å². The fourth-order valence-electron chi connectivity index (χ4n) is 2.43. The zero-order valence-electron chi connectivity index (χ0n) is 18.0. The first kappa shape index (κ1) is 24.2. The zero-order valence-corrected chi connectivity index (χ0v) is 18.7. The van der Waals surface area contributed by atoms with Crippen LogP contribution in [0.3, 0.4) is 0 Å². The molecule has 0 unspecified atom stereocenters. The van der Waals surface area contributed by atoms with Gasteiger partial charge >= 0.3 is 5.97 Å². The van der Waals surface area contributed by atoms with Crippen LogP contribution >= 0.6 is 11.6 Å². The molecule has 0 heterocycles. The average molecular weight is 414 g/mol. The normalized spacial score (nSPS) is 15.3. The van der Waals surface area contributed by atoms with Crippen molar-refractivity contribution in [3.8, 4) is 5.75 Å². The van der Waals surface area contributed by atoms with Gasteiger partial charge in [0.1, 0.15) is 11.4 Å². The molecule has 0 spiro atoms. The minimum absolute atomic E-state index is 0.458. The maximum atomic E-state index is 12.7. The molecule has 1 N–H and O–H groups in total. The number of hydrogen-bond acceptors (Lipinski definition) is 5. The summed E-state index contributed by atoms with van der Waals surface area (Å²) in [6.45, 7) is 14.3. The Morgan fingerprint density at radius 2 is 1.64 bits per heavy atom. The van der Waals surface area contributed by atoms with E-state index in [4.69, 9.17) is 25.8 Å². The molecule has 1 aromatic carbocycles. The van der Waals surface area contributed by atoms with Gasteiger partial charge in [0, 0.05) is 5.02 Å². The van der Waals surface area contributed by atoms with E-state index in [1.54, 1.807) is 58.9 Å². The zero-order chi connectivity index (χ0) is 21.7. The minimum Gasteiger partial charge on any atom is -0.481 e. The third kappa shape index (κ3) is 8.93. The highest BCUT2D eigenvalue weighted by Crippen LogP contribution is 2.19. The van der Waals surface area contributed by atoms with Gasteiger partial charge in [-0.25, -0.2) is 4.79 Å². The summed E-state index contributed by atoms with van der Waals surface area (Å²) in [7, 11) is 0. The van der Waals surface area contributed by atoms with Crippen LogP contribution in [0.2, 0.25) is 5.02 Å². The summed E-state index contributed by atoms with van der Waals surface area (Å²) < 4.78 is 17.0. The number of ether oxygens (including phenoxy) is 3. The number of carbonyl (C=O) groups excluding carboxylic acids is 2. The lowest BCUT2D eigenvalue weighted by molar-refractivity contribution is -0.166. The van der Waals surface area contributed by atoms with E-state index >= 15 is 0 Å². The van der Waals surface area contributed by atoms with E-state index in [2.05, 4.69) is 5.32 Å². The molecule has 0 aromatic heterocycles. The predicted octanol–water partition coefficient (Wildman–Crippen LogP) is 4.14. The second-order valence-electron chi connectivity index (χ2n) is 8.67. The van der Waals surface area contributed by atoms with Crippen LogP contribution < -0.4 is 10.1 Å². The highest BCUT2D eigenvalue weighted by molar-refractivity contribution is 6.30. The van der Waals surface area contributed by atoms with Crippen molar-refractivity contribution in [2.45, 2.75) is 84.8 Å². The monoisotopic (exact) mass is 413 g/mol. The molecule has 1 aromatic rings. The van der Waals surface area contributed by atoms with Gasteiger partial charge in [-0.3, -0.25) is 4.79 Å². The fourth-order valence-corrected chi connectivity index (χ4v) is 2.61. The molecule has 0 saturated heterocycles. The van der Waals surface area contributed by atoms with Crippen LogP contribution in [-0.4, -0.2) is 41.3 Å². The molecular weight excluding hydrogens is 382 g/mol. The summed E-state index contributed by atoms with van der Waals surface area (Å²) in [6.07, 6.45) is -1.44. The first-order chi connectivity index (χ1) is 12.7. The molecule has 0 aliphatic carbocycles. The maximum absolute atomic E-state index is 12.7. The van der Waals surface area contributed by atoms with Crippen molar-refractivity contribution in [2.24, 2.45) is 0 Å². The van der Waals surface area contributed by atoms with Gasteiger partial charge < -0.3 is 19.5 Å².